The van der Waals surface area contributed by atoms with E-state index in [2.05, 4.69) is 65.9 Å². The Morgan fingerprint density at radius 3 is 2.59 bits per heavy atom. The molecule has 1 amide bonds. The number of aromatic amines is 1. The first-order valence-electron chi connectivity index (χ1n) is 24.5. The monoisotopic (exact) mass is 981 g/mol. The molecule has 0 unspecified atom stereocenters. The molecule has 1 spiro atoms. The fourth-order valence-corrected chi connectivity index (χ4v) is 12.9. The first-order chi connectivity index (χ1) is 34.5. The van der Waals surface area contributed by atoms with Gasteiger partial charge >= 0.3 is 0 Å². The number of fused-ring (bicyclic) bond motifs is 4. The second-order valence-corrected chi connectivity index (χ2v) is 21.5. The van der Waals surface area contributed by atoms with Crippen LogP contribution in [-0.2, 0) is 25.9 Å². The number of pyridine rings is 2. The third kappa shape index (κ3) is 8.47. The number of hydrogen-bond acceptors (Lipinski definition) is 15. The zero-order valence-corrected chi connectivity index (χ0v) is 40.1. The molecule has 4 fully saturated rings. The Morgan fingerprint density at radius 1 is 0.944 bits per heavy atom. The lowest BCUT2D eigenvalue weighted by molar-refractivity contribution is -0.384. The van der Waals surface area contributed by atoms with Crippen LogP contribution in [0.2, 0.25) is 0 Å². The summed E-state index contributed by atoms with van der Waals surface area (Å²) in [6.07, 6.45) is 8.34. The average Bonchev–Trinajstić information content (AvgIpc) is 3.84. The molecule has 1 saturated carbocycles. The van der Waals surface area contributed by atoms with Crippen molar-refractivity contribution < 1.29 is 37.1 Å². The summed E-state index contributed by atoms with van der Waals surface area (Å²) >= 11 is 0. The number of ether oxygens (including phenoxy) is 4. The quantitative estimate of drug-likeness (QED) is 0.0915. The topological polar surface area (TPSA) is 207 Å². The molecule has 6 aliphatic rings. The molecule has 71 heavy (non-hydrogen) atoms. The summed E-state index contributed by atoms with van der Waals surface area (Å²) < 4.78 is 55.3. The number of morpholine rings is 1. The van der Waals surface area contributed by atoms with Gasteiger partial charge in [-0.25, -0.2) is 13.1 Å². The minimum Gasteiger partial charge on any atom is -0.489 e. The summed E-state index contributed by atoms with van der Waals surface area (Å²) in [5.74, 6) is -0.557. The summed E-state index contributed by atoms with van der Waals surface area (Å²) in [7, 11) is -4.71. The Hall–Kier alpha value is -6.80. The van der Waals surface area contributed by atoms with Crippen molar-refractivity contribution in [1.82, 2.24) is 24.6 Å². The predicted molar refractivity (Wildman–Crippen MR) is 265 cm³/mol. The molecule has 8 heterocycles. The molecule has 3 aromatic carbocycles. The standard InChI is InChI=1S/C52H55N9O9S/c1-32-6-2-3-8-39(32)45-30-68-21-19-59(45)37-27-52(28-37)13-17-58(18-14-52)36-9-10-40(42(24-36)60-41-12-20-67-31-47(41)70-51-44(60)22-33-11-16-54-49(33)56-51)50(62)57-71(65,66)38-25-43(61(63)64)48-46(26-38)69-29-35(55-48)23-34-7-4-5-15-53-34/h2-11,15-16,22,24-26,35,37,41,45,47,55H,12-14,17-21,23,27-31H2,1H3,(H,54,56)(H,57,62)/t35-,41-,45-,47-/m0/s1. The number of benzene rings is 3. The largest absolute Gasteiger partial charge is 0.489 e. The molecule has 3 saturated heterocycles. The Balaban J connectivity index is 0.840. The van der Waals surface area contributed by atoms with Crippen LogP contribution in [0.4, 0.5) is 28.4 Å². The molecule has 19 heteroatoms. The number of sulfonamides is 1. The molecule has 12 rings (SSSR count). The smallest absolute Gasteiger partial charge is 0.297 e. The van der Waals surface area contributed by atoms with E-state index in [0.29, 0.717) is 61.6 Å². The van der Waals surface area contributed by atoms with Gasteiger partial charge in [0.05, 0.1) is 59.0 Å². The van der Waals surface area contributed by atoms with Crippen LogP contribution in [0.1, 0.15) is 65.3 Å². The number of amides is 1. The van der Waals surface area contributed by atoms with Gasteiger partial charge in [-0.15, -0.1) is 0 Å². The number of nitrogens with one attached hydrogen (secondary N) is 3. The SMILES string of the molecule is Cc1ccccc1[C@@H]1COCCN1C1CC2(CCN(c3ccc(C(=O)NS(=O)(=O)c4cc5c(c([N+](=O)[O-])c4)N[C@@H](Cc4ccccn4)CO5)c(N4c5cc6cc[nH]c6nc5O[C@H]5COCC[C@@H]54)c3)CC2)C1. The normalized spacial score (nSPS) is 23.1. The molecular weight excluding hydrogens is 927 g/mol. The van der Waals surface area contributed by atoms with Crippen LogP contribution in [0.5, 0.6) is 11.6 Å². The Labute approximate surface area is 410 Å². The van der Waals surface area contributed by atoms with E-state index in [1.54, 1.807) is 24.5 Å². The number of aromatic nitrogens is 3. The third-order valence-electron chi connectivity index (χ3n) is 15.6. The molecule has 3 N–H and O–H groups in total. The molecule has 0 radical (unpaired) electrons. The highest BCUT2D eigenvalue weighted by Crippen LogP contribution is 2.54. The maximum atomic E-state index is 14.8. The van der Waals surface area contributed by atoms with E-state index in [1.165, 1.54) is 17.2 Å². The van der Waals surface area contributed by atoms with Crippen LogP contribution >= 0.6 is 0 Å². The maximum absolute atomic E-state index is 14.8. The van der Waals surface area contributed by atoms with E-state index in [9.17, 15) is 23.3 Å². The summed E-state index contributed by atoms with van der Waals surface area (Å²) in [4.78, 5) is 45.6. The van der Waals surface area contributed by atoms with Crippen molar-refractivity contribution in [2.75, 3.05) is 67.8 Å². The van der Waals surface area contributed by atoms with E-state index in [4.69, 9.17) is 23.9 Å². The van der Waals surface area contributed by atoms with Crippen molar-refractivity contribution in [2.45, 2.75) is 80.6 Å². The van der Waals surface area contributed by atoms with Crippen LogP contribution in [0, 0.1) is 22.5 Å². The van der Waals surface area contributed by atoms with Gasteiger partial charge in [-0.1, -0.05) is 30.3 Å². The molecule has 3 aromatic heterocycles. The van der Waals surface area contributed by atoms with Crippen molar-refractivity contribution in [3.63, 3.8) is 0 Å². The van der Waals surface area contributed by atoms with Gasteiger partial charge in [0.1, 0.15) is 24.0 Å². The number of nitro groups is 1. The Kier molecular flexibility index (Phi) is 11.6. The number of rotatable bonds is 10. The Bertz CT molecular complexity index is 3140. The van der Waals surface area contributed by atoms with Gasteiger partial charge in [0.2, 0.25) is 5.88 Å². The summed E-state index contributed by atoms with van der Waals surface area (Å²) in [6, 6.07) is 25.8. The summed E-state index contributed by atoms with van der Waals surface area (Å²) in [5.41, 5.74) is 5.95. The second kappa shape index (κ2) is 18.1. The minimum absolute atomic E-state index is 0.0123. The lowest BCUT2D eigenvalue weighted by Crippen LogP contribution is -2.58. The van der Waals surface area contributed by atoms with E-state index in [0.717, 1.165) is 74.8 Å². The molecule has 368 valence electrons. The van der Waals surface area contributed by atoms with Gasteiger partial charge in [-0.05, 0) is 98.0 Å². The number of nitrogens with zero attached hydrogens (tertiary/aromatic N) is 6. The second-order valence-electron chi connectivity index (χ2n) is 19.8. The van der Waals surface area contributed by atoms with E-state index in [1.807, 2.05) is 36.4 Å². The van der Waals surface area contributed by atoms with Gasteiger partial charge in [0.25, 0.3) is 21.6 Å². The number of piperidine rings is 1. The number of aryl methyl sites for hydroxylation is 1. The highest BCUT2D eigenvalue weighted by molar-refractivity contribution is 7.90. The first-order valence-corrected chi connectivity index (χ1v) is 26.0. The van der Waals surface area contributed by atoms with Crippen LogP contribution in [0.25, 0.3) is 11.0 Å². The minimum atomic E-state index is -4.71. The van der Waals surface area contributed by atoms with Crippen molar-refractivity contribution in [1.29, 1.82) is 0 Å². The van der Waals surface area contributed by atoms with E-state index >= 15 is 0 Å². The molecule has 0 bridgehead atoms. The highest BCUT2D eigenvalue weighted by Gasteiger charge is 2.50. The van der Waals surface area contributed by atoms with Gasteiger partial charge in [0, 0.05) is 80.0 Å². The number of H-pyrrole nitrogens is 1. The fraction of sp³-hybridized carbons (Fsp3) is 0.404. The molecule has 6 aromatic rings. The average molecular weight is 982 g/mol. The maximum Gasteiger partial charge on any atom is 0.297 e. The van der Waals surface area contributed by atoms with Crippen LogP contribution in [0.3, 0.4) is 0 Å². The summed E-state index contributed by atoms with van der Waals surface area (Å²) in [6.45, 7) is 7.05. The molecular formula is C52H55N9O9S. The predicted octanol–water partition coefficient (Wildman–Crippen LogP) is 7.22. The van der Waals surface area contributed by atoms with Gasteiger partial charge in [-0.3, -0.25) is 24.8 Å². The molecule has 4 atom stereocenters. The zero-order chi connectivity index (χ0) is 48.4. The molecule has 1 aliphatic carbocycles. The number of hydrogen-bond donors (Lipinski definition) is 3. The summed E-state index contributed by atoms with van der Waals surface area (Å²) in [5, 5.41) is 16.5. The molecule has 5 aliphatic heterocycles. The van der Waals surface area contributed by atoms with Crippen molar-refractivity contribution in [3.05, 3.63) is 130 Å². The Morgan fingerprint density at radius 2 is 1.77 bits per heavy atom. The van der Waals surface area contributed by atoms with Crippen molar-refractivity contribution in [3.8, 4) is 11.6 Å². The van der Waals surface area contributed by atoms with Crippen LogP contribution in [-0.4, -0.2) is 116 Å². The third-order valence-corrected chi connectivity index (χ3v) is 16.9. The van der Waals surface area contributed by atoms with E-state index in [-0.39, 0.29) is 47.1 Å². The van der Waals surface area contributed by atoms with Crippen molar-refractivity contribution in [2.24, 2.45) is 5.41 Å². The number of carbonyl (C=O) groups excluding carboxylic acids is 1. The van der Waals surface area contributed by atoms with E-state index < -0.39 is 37.5 Å². The molecule has 18 nitrogen and oxygen atoms in total. The van der Waals surface area contributed by atoms with Crippen LogP contribution < -0.4 is 29.3 Å². The van der Waals surface area contributed by atoms with Gasteiger partial charge in [0.15, 0.2) is 11.4 Å². The van der Waals surface area contributed by atoms with Gasteiger partial charge < -0.3 is 39.0 Å². The van der Waals surface area contributed by atoms with Crippen LogP contribution in [0.15, 0.2) is 102 Å². The number of anilines is 4. The fourth-order valence-electron chi connectivity index (χ4n) is 11.9. The zero-order valence-electron chi connectivity index (χ0n) is 39.3. The number of carbonyl (C=O) groups is 1. The highest BCUT2D eigenvalue weighted by atomic mass is 32.2. The first kappa shape index (κ1) is 45.3. The van der Waals surface area contributed by atoms with Crippen molar-refractivity contribution >= 4 is 55.4 Å². The van der Waals surface area contributed by atoms with Gasteiger partial charge in [-0.2, -0.15) is 4.98 Å². The number of nitro benzene ring substituents is 1. The lowest BCUT2D eigenvalue weighted by atomic mass is 9.59. The lowest BCUT2D eigenvalue weighted by Gasteiger charge is -2.57.